The molecule has 0 fully saturated rings. The Bertz CT molecular complexity index is 490. The van der Waals surface area contributed by atoms with Gasteiger partial charge in [0.1, 0.15) is 5.76 Å². The summed E-state index contributed by atoms with van der Waals surface area (Å²) in [5, 5.41) is 0.837. The number of fused-ring (bicyclic) bond motifs is 1. The van der Waals surface area contributed by atoms with Crippen molar-refractivity contribution in [1.82, 2.24) is 0 Å². The van der Waals surface area contributed by atoms with E-state index in [9.17, 15) is 4.39 Å². The van der Waals surface area contributed by atoms with E-state index in [0.717, 1.165) is 17.6 Å². The van der Waals surface area contributed by atoms with E-state index in [1.807, 2.05) is 12.1 Å². The molecule has 2 rings (SSSR count). The topological polar surface area (TPSA) is 13.1 Å². The van der Waals surface area contributed by atoms with E-state index < -0.39 is 0 Å². The molecule has 1 aromatic heterocycles. The summed E-state index contributed by atoms with van der Waals surface area (Å²) in [6.45, 7) is 4.19. The first-order valence-corrected chi connectivity index (χ1v) is 6.31. The van der Waals surface area contributed by atoms with Crippen molar-refractivity contribution < 1.29 is 8.81 Å². The van der Waals surface area contributed by atoms with Gasteiger partial charge < -0.3 is 4.42 Å². The number of hydrogen-bond donors (Lipinski definition) is 0. The van der Waals surface area contributed by atoms with Gasteiger partial charge in [-0.25, -0.2) is 4.39 Å². The van der Waals surface area contributed by atoms with E-state index in [2.05, 4.69) is 29.8 Å². The molecule has 0 aliphatic rings. The highest BCUT2D eigenvalue weighted by atomic mass is 79.9. The lowest BCUT2D eigenvalue weighted by Gasteiger charge is -2.09. The number of alkyl halides is 1. The largest absolute Gasteiger partial charge is 0.458 e. The summed E-state index contributed by atoms with van der Waals surface area (Å²) in [6, 6.07) is 6.93. The van der Waals surface area contributed by atoms with Crippen molar-refractivity contribution in [1.29, 1.82) is 0 Å². The second kappa shape index (κ2) is 4.58. The third kappa shape index (κ3) is 2.29. The molecule has 0 spiro atoms. The van der Waals surface area contributed by atoms with E-state index >= 15 is 0 Å². The fraction of sp³-hybridized carbons (Fsp3) is 0.385. The maximum Gasteiger partial charge on any atom is 0.169 e. The van der Waals surface area contributed by atoms with Crippen LogP contribution in [-0.2, 0) is 0 Å². The molecule has 86 valence electrons. The predicted molar refractivity (Wildman–Crippen MR) is 67.6 cm³/mol. The lowest BCUT2D eigenvalue weighted by atomic mass is 10.0. The van der Waals surface area contributed by atoms with E-state index in [1.165, 1.54) is 6.07 Å². The second-order valence-corrected chi connectivity index (χ2v) is 5.79. The Kier molecular flexibility index (Phi) is 3.33. The maximum absolute atomic E-state index is 13.4. The summed E-state index contributed by atoms with van der Waals surface area (Å²) in [4.78, 5) is 0.431. The molecule has 0 saturated carbocycles. The van der Waals surface area contributed by atoms with Crippen LogP contribution in [0.25, 0.3) is 11.0 Å². The summed E-state index contributed by atoms with van der Waals surface area (Å²) in [5.74, 6) is 0.857. The molecule has 2 unspecified atom stereocenters. The lowest BCUT2D eigenvalue weighted by molar-refractivity contribution is 0.475. The number of hydrogen-bond acceptors (Lipinski definition) is 1. The molecular weight excluding hydrogens is 271 g/mol. The van der Waals surface area contributed by atoms with Crippen LogP contribution in [0.15, 0.2) is 28.7 Å². The zero-order valence-electron chi connectivity index (χ0n) is 9.34. The van der Waals surface area contributed by atoms with Crippen LogP contribution in [0, 0.1) is 5.82 Å². The van der Waals surface area contributed by atoms with Crippen molar-refractivity contribution >= 4 is 26.9 Å². The van der Waals surface area contributed by atoms with Gasteiger partial charge in [-0.3, -0.25) is 0 Å². The fourth-order valence-corrected chi connectivity index (χ4v) is 2.45. The average Bonchev–Trinajstić information content (AvgIpc) is 2.61. The molecule has 2 atom stereocenters. The Hall–Kier alpha value is -0.830. The molecule has 0 aliphatic heterocycles. The fourth-order valence-electron chi connectivity index (χ4n) is 1.89. The molecule has 0 aliphatic carbocycles. The van der Waals surface area contributed by atoms with Gasteiger partial charge in [-0.05, 0) is 18.6 Å². The number of rotatable bonds is 3. The van der Waals surface area contributed by atoms with Crippen LogP contribution in [0.3, 0.4) is 0 Å². The highest BCUT2D eigenvalue weighted by molar-refractivity contribution is 9.09. The Morgan fingerprint density at radius 3 is 2.75 bits per heavy atom. The van der Waals surface area contributed by atoms with Crippen LogP contribution in [0.2, 0.25) is 0 Å². The SMILES string of the molecule is CC(Br)CC(C)c1cc2cccc(F)c2o1. The highest BCUT2D eigenvalue weighted by Crippen LogP contribution is 2.30. The zero-order chi connectivity index (χ0) is 11.7. The monoisotopic (exact) mass is 284 g/mol. The molecule has 3 heteroatoms. The van der Waals surface area contributed by atoms with Crippen molar-refractivity contribution in [2.45, 2.75) is 31.0 Å². The molecule has 1 heterocycles. The minimum Gasteiger partial charge on any atom is -0.458 e. The van der Waals surface area contributed by atoms with Gasteiger partial charge in [0, 0.05) is 16.1 Å². The van der Waals surface area contributed by atoms with Gasteiger partial charge in [0.15, 0.2) is 11.4 Å². The minimum absolute atomic E-state index is 0.289. The van der Waals surface area contributed by atoms with E-state index in [1.54, 1.807) is 6.07 Å². The first-order chi connectivity index (χ1) is 7.58. The molecule has 0 saturated heterocycles. The molecule has 0 radical (unpaired) electrons. The zero-order valence-corrected chi connectivity index (χ0v) is 10.9. The standard InChI is InChI=1S/C13H14BrFO/c1-8(6-9(2)14)12-7-10-4-3-5-11(15)13(10)16-12/h3-5,7-9H,6H2,1-2H3. The quantitative estimate of drug-likeness (QED) is 0.735. The van der Waals surface area contributed by atoms with Gasteiger partial charge in [0.2, 0.25) is 0 Å². The summed E-state index contributed by atoms with van der Waals surface area (Å²) in [5.41, 5.74) is 0.367. The predicted octanol–water partition coefficient (Wildman–Crippen LogP) is 4.85. The van der Waals surface area contributed by atoms with Crippen molar-refractivity contribution in [2.75, 3.05) is 0 Å². The van der Waals surface area contributed by atoms with Gasteiger partial charge in [-0.1, -0.05) is 41.9 Å². The smallest absolute Gasteiger partial charge is 0.169 e. The van der Waals surface area contributed by atoms with Gasteiger partial charge in [0.05, 0.1) is 0 Å². The Morgan fingerprint density at radius 2 is 2.12 bits per heavy atom. The van der Waals surface area contributed by atoms with Crippen molar-refractivity contribution in [3.05, 3.63) is 35.8 Å². The Morgan fingerprint density at radius 1 is 1.38 bits per heavy atom. The van der Waals surface area contributed by atoms with Gasteiger partial charge in [-0.15, -0.1) is 0 Å². The van der Waals surface area contributed by atoms with Crippen LogP contribution in [0.4, 0.5) is 4.39 Å². The molecule has 1 aromatic carbocycles. The van der Waals surface area contributed by atoms with E-state index in [-0.39, 0.29) is 5.82 Å². The van der Waals surface area contributed by atoms with Crippen molar-refractivity contribution in [2.24, 2.45) is 0 Å². The van der Waals surface area contributed by atoms with Gasteiger partial charge >= 0.3 is 0 Å². The summed E-state index contributed by atoms with van der Waals surface area (Å²) in [7, 11) is 0. The molecular formula is C13H14BrFO. The van der Waals surface area contributed by atoms with Crippen LogP contribution in [0.5, 0.6) is 0 Å². The second-order valence-electron chi connectivity index (χ2n) is 4.22. The molecule has 1 nitrogen and oxygen atoms in total. The minimum atomic E-state index is -0.289. The van der Waals surface area contributed by atoms with Crippen LogP contribution in [0.1, 0.15) is 31.9 Å². The molecule has 16 heavy (non-hydrogen) atoms. The third-order valence-corrected chi connectivity index (χ3v) is 3.05. The normalized spacial score (nSPS) is 15.2. The van der Waals surface area contributed by atoms with Crippen molar-refractivity contribution in [3.63, 3.8) is 0 Å². The summed E-state index contributed by atoms with van der Waals surface area (Å²) >= 11 is 3.51. The highest BCUT2D eigenvalue weighted by Gasteiger charge is 2.15. The first kappa shape index (κ1) is 11.6. The van der Waals surface area contributed by atoms with Crippen molar-refractivity contribution in [3.8, 4) is 0 Å². The van der Waals surface area contributed by atoms with Crippen LogP contribution >= 0.6 is 15.9 Å². The lowest BCUT2D eigenvalue weighted by Crippen LogP contribution is -1.98. The first-order valence-electron chi connectivity index (χ1n) is 5.40. The average molecular weight is 285 g/mol. The van der Waals surface area contributed by atoms with Gasteiger partial charge in [0.25, 0.3) is 0 Å². The maximum atomic E-state index is 13.4. The van der Waals surface area contributed by atoms with Crippen LogP contribution < -0.4 is 0 Å². The molecule has 2 aromatic rings. The number of halogens is 2. The summed E-state index contributed by atoms with van der Waals surface area (Å²) in [6.07, 6.45) is 0.974. The molecule has 0 bridgehead atoms. The van der Waals surface area contributed by atoms with E-state index in [0.29, 0.717) is 16.3 Å². The summed E-state index contributed by atoms with van der Waals surface area (Å²) < 4.78 is 19.0. The third-order valence-electron chi connectivity index (χ3n) is 2.68. The molecule has 0 amide bonds. The Balaban J connectivity index is 2.36. The molecule has 0 N–H and O–H groups in total. The van der Waals surface area contributed by atoms with E-state index in [4.69, 9.17) is 4.42 Å². The number of furan rings is 1. The Labute approximate surface area is 103 Å². The van der Waals surface area contributed by atoms with Crippen LogP contribution in [-0.4, -0.2) is 4.83 Å². The number of benzene rings is 1. The number of para-hydroxylation sites is 1. The van der Waals surface area contributed by atoms with Gasteiger partial charge in [-0.2, -0.15) is 0 Å².